The number of rotatable bonds is 4. The molecule has 0 saturated carbocycles. The van der Waals surface area contributed by atoms with Gasteiger partial charge in [-0.05, 0) is 37.8 Å². The Hall–Kier alpha value is -2.30. The van der Waals surface area contributed by atoms with Crippen molar-refractivity contribution in [1.82, 2.24) is 15.6 Å². The summed E-state index contributed by atoms with van der Waals surface area (Å²) in [5, 5.41) is 7.04. The van der Waals surface area contributed by atoms with Crippen LogP contribution in [-0.2, 0) is 16.0 Å². The van der Waals surface area contributed by atoms with E-state index in [0.717, 1.165) is 24.8 Å². The molecule has 1 aromatic carbocycles. The predicted molar refractivity (Wildman–Crippen MR) is 90.0 cm³/mol. The minimum absolute atomic E-state index is 0.0308. The number of hydrogen-bond acceptors (Lipinski definition) is 2. The second-order valence-electron chi connectivity index (χ2n) is 6.45. The molecule has 3 N–H and O–H groups in total. The third kappa shape index (κ3) is 3.38. The summed E-state index contributed by atoms with van der Waals surface area (Å²) < 4.78 is 0. The normalized spacial score (nSPS) is 21.7. The van der Waals surface area contributed by atoms with Gasteiger partial charge in [-0.15, -0.1) is 0 Å². The van der Waals surface area contributed by atoms with Crippen LogP contribution in [0, 0.1) is 0 Å². The number of fused-ring (bicyclic) bond motifs is 1. The Morgan fingerprint density at radius 2 is 2.13 bits per heavy atom. The van der Waals surface area contributed by atoms with E-state index in [9.17, 15) is 9.59 Å². The van der Waals surface area contributed by atoms with Gasteiger partial charge in [0.2, 0.25) is 11.8 Å². The zero-order chi connectivity index (χ0) is 16.3. The minimum Gasteiger partial charge on any atom is -0.361 e. The average molecular weight is 313 g/mol. The average Bonchev–Trinajstić information content (AvgIpc) is 2.86. The Morgan fingerprint density at radius 1 is 1.30 bits per heavy atom. The summed E-state index contributed by atoms with van der Waals surface area (Å²) in [6.45, 7) is 2.38. The fourth-order valence-corrected chi connectivity index (χ4v) is 3.21. The highest BCUT2D eigenvalue weighted by Crippen LogP contribution is 2.20. The molecule has 0 spiro atoms. The van der Waals surface area contributed by atoms with Crippen molar-refractivity contribution in [3.63, 3.8) is 0 Å². The highest BCUT2D eigenvalue weighted by molar-refractivity contribution is 5.91. The van der Waals surface area contributed by atoms with Crippen LogP contribution in [0.3, 0.4) is 0 Å². The van der Waals surface area contributed by atoms with Crippen molar-refractivity contribution in [2.24, 2.45) is 0 Å². The number of para-hydroxylation sites is 1. The molecule has 0 bridgehead atoms. The van der Waals surface area contributed by atoms with Gasteiger partial charge in [0.1, 0.15) is 5.54 Å². The lowest BCUT2D eigenvalue weighted by Crippen LogP contribution is -2.56. The molecule has 1 aliphatic heterocycles. The molecule has 122 valence electrons. The van der Waals surface area contributed by atoms with Crippen molar-refractivity contribution >= 4 is 22.7 Å². The molecule has 1 unspecified atom stereocenters. The summed E-state index contributed by atoms with van der Waals surface area (Å²) in [6.07, 6.45) is 5.71. The Balaban J connectivity index is 1.59. The predicted octanol–water partition coefficient (Wildman–Crippen LogP) is 2.28. The van der Waals surface area contributed by atoms with Gasteiger partial charge in [0.25, 0.3) is 0 Å². The molecule has 0 aliphatic carbocycles. The first kappa shape index (κ1) is 15.6. The first-order valence-corrected chi connectivity index (χ1v) is 8.23. The van der Waals surface area contributed by atoms with E-state index in [4.69, 9.17) is 0 Å². The van der Waals surface area contributed by atoms with E-state index in [1.807, 2.05) is 31.3 Å². The van der Waals surface area contributed by atoms with Crippen molar-refractivity contribution in [3.05, 3.63) is 36.0 Å². The maximum atomic E-state index is 12.5. The van der Waals surface area contributed by atoms with Crippen LogP contribution in [0.2, 0.25) is 0 Å². The monoisotopic (exact) mass is 313 g/mol. The molecule has 0 radical (unpaired) electrons. The van der Waals surface area contributed by atoms with Crippen LogP contribution in [0.25, 0.3) is 10.9 Å². The van der Waals surface area contributed by atoms with Gasteiger partial charge in [-0.25, -0.2) is 0 Å². The topological polar surface area (TPSA) is 74.0 Å². The van der Waals surface area contributed by atoms with Gasteiger partial charge in [0.05, 0.1) is 0 Å². The van der Waals surface area contributed by atoms with Crippen LogP contribution in [0.5, 0.6) is 0 Å². The van der Waals surface area contributed by atoms with Crippen molar-refractivity contribution in [2.75, 3.05) is 6.54 Å². The molecule has 2 heterocycles. The first-order chi connectivity index (χ1) is 11.1. The third-order valence-electron chi connectivity index (χ3n) is 4.60. The number of carbonyl (C=O) groups excluding carboxylic acids is 2. The number of aromatic amines is 1. The highest BCUT2D eigenvalue weighted by Gasteiger charge is 2.35. The zero-order valence-electron chi connectivity index (χ0n) is 13.4. The molecule has 3 rings (SSSR count). The molecule has 2 amide bonds. The van der Waals surface area contributed by atoms with Gasteiger partial charge >= 0.3 is 0 Å². The molecular formula is C18H23N3O2. The molecule has 1 fully saturated rings. The largest absolute Gasteiger partial charge is 0.361 e. The lowest BCUT2D eigenvalue weighted by atomic mass is 9.95. The molecule has 1 aromatic heterocycles. The fourth-order valence-electron chi connectivity index (χ4n) is 3.21. The summed E-state index contributed by atoms with van der Waals surface area (Å²) in [5.74, 6) is -0.121. The number of carbonyl (C=O) groups is 2. The Morgan fingerprint density at radius 3 is 3.00 bits per heavy atom. The number of aromatic nitrogens is 1. The van der Waals surface area contributed by atoms with Crippen LogP contribution < -0.4 is 10.6 Å². The van der Waals surface area contributed by atoms with E-state index >= 15 is 0 Å². The van der Waals surface area contributed by atoms with Crippen LogP contribution in [0.15, 0.2) is 30.5 Å². The highest BCUT2D eigenvalue weighted by atomic mass is 16.2. The summed E-state index contributed by atoms with van der Waals surface area (Å²) in [6, 6.07) is 8.13. The summed E-state index contributed by atoms with van der Waals surface area (Å²) in [4.78, 5) is 27.4. The maximum absolute atomic E-state index is 12.5. The van der Waals surface area contributed by atoms with Crippen molar-refractivity contribution in [1.29, 1.82) is 0 Å². The van der Waals surface area contributed by atoms with Gasteiger partial charge in [-0.2, -0.15) is 0 Å². The molecule has 1 saturated heterocycles. The van der Waals surface area contributed by atoms with Crippen LogP contribution in [0.4, 0.5) is 0 Å². The fraction of sp³-hybridized carbons (Fsp3) is 0.444. The Labute approximate surface area is 135 Å². The van der Waals surface area contributed by atoms with Gasteiger partial charge in [0.15, 0.2) is 0 Å². The molecule has 5 heteroatoms. The number of H-pyrrole nitrogens is 1. The van der Waals surface area contributed by atoms with Crippen molar-refractivity contribution < 1.29 is 9.59 Å². The quantitative estimate of drug-likeness (QED) is 0.810. The van der Waals surface area contributed by atoms with Crippen LogP contribution >= 0.6 is 0 Å². The van der Waals surface area contributed by atoms with E-state index in [1.165, 1.54) is 10.9 Å². The van der Waals surface area contributed by atoms with Gasteiger partial charge in [0, 0.05) is 30.1 Å². The van der Waals surface area contributed by atoms with Gasteiger partial charge in [-0.3, -0.25) is 9.59 Å². The summed E-state index contributed by atoms with van der Waals surface area (Å²) in [5.41, 5.74) is 1.51. The lowest BCUT2D eigenvalue weighted by molar-refractivity contribution is -0.132. The SMILES string of the molecule is CC1(C(=O)NCCc2c[nH]c3ccccc23)CCCCC(=O)N1. The number of nitrogens with one attached hydrogen (secondary N) is 3. The second kappa shape index (κ2) is 6.44. The Kier molecular flexibility index (Phi) is 4.37. The van der Waals surface area contributed by atoms with E-state index < -0.39 is 5.54 Å². The maximum Gasteiger partial charge on any atom is 0.245 e. The lowest BCUT2D eigenvalue weighted by Gasteiger charge is -2.27. The number of amides is 2. The first-order valence-electron chi connectivity index (χ1n) is 8.23. The van der Waals surface area contributed by atoms with E-state index in [2.05, 4.69) is 21.7 Å². The second-order valence-corrected chi connectivity index (χ2v) is 6.45. The molecule has 1 atom stereocenters. The smallest absolute Gasteiger partial charge is 0.245 e. The summed E-state index contributed by atoms with van der Waals surface area (Å²) in [7, 11) is 0. The zero-order valence-corrected chi connectivity index (χ0v) is 13.4. The van der Waals surface area contributed by atoms with Gasteiger partial charge < -0.3 is 15.6 Å². The van der Waals surface area contributed by atoms with E-state index in [0.29, 0.717) is 19.4 Å². The van der Waals surface area contributed by atoms with Crippen LogP contribution in [0.1, 0.15) is 38.2 Å². The van der Waals surface area contributed by atoms with E-state index in [-0.39, 0.29) is 11.8 Å². The van der Waals surface area contributed by atoms with Crippen molar-refractivity contribution in [2.45, 2.75) is 44.6 Å². The van der Waals surface area contributed by atoms with Gasteiger partial charge in [-0.1, -0.05) is 24.6 Å². The standard InChI is InChI=1S/C18H23N3O2/c1-18(10-5-4-8-16(22)21-18)17(23)19-11-9-13-12-20-15-7-3-2-6-14(13)15/h2-3,6-7,12,20H,4-5,8-11H2,1H3,(H,19,23)(H,21,22). The molecule has 5 nitrogen and oxygen atoms in total. The molecule has 2 aromatic rings. The third-order valence-corrected chi connectivity index (χ3v) is 4.60. The number of benzene rings is 1. The molecular weight excluding hydrogens is 290 g/mol. The number of hydrogen-bond donors (Lipinski definition) is 3. The minimum atomic E-state index is -0.784. The van der Waals surface area contributed by atoms with E-state index in [1.54, 1.807) is 0 Å². The van der Waals surface area contributed by atoms with Crippen molar-refractivity contribution in [3.8, 4) is 0 Å². The van der Waals surface area contributed by atoms with Crippen LogP contribution in [-0.4, -0.2) is 28.9 Å². The summed E-state index contributed by atoms with van der Waals surface area (Å²) >= 11 is 0. The molecule has 1 aliphatic rings. The Bertz CT molecular complexity index is 722. The molecule has 23 heavy (non-hydrogen) atoms.